The van der Waals surface area contributed by atoms with Crippen LogP contribution in [0.3, 0.4) is 0 Å². The number of nitrogens with one attached hydrogen (secondary N) is 1. The molecular weight excluding hydrogens is 268 g/mol. The van der Waals surface area contributed by atoms with Crippen LogP contribution in [-0.2, 0) is 0 Å². The molecule has 0 aromatic carbocycles. The Morgan fingerprint density at radius 1 is 1.37 bits per heavy atom. The summed E-state index contributed by atoms with van der Waals surface area (Å²) in [6, 6.07) is 4.51. The van der Waals surface area contributed by atoms with E-state index in [1.807, 2.05) is 0 Å². The molecule has 7 heteroatoms. The van der Waals surface area contributed by atoms with Gasteiger partial charge in [0, 0.05) is 6.20 Å². The summed E-state index contributed by atoms with van der Waals surface area (Å²) in [7, 11) is 1.45. The third-order valence-corrected chi connectivity index (χ3v) is 3.29. The highest BCUT2D eigenvalue weighted by Gasteiger charge is 2.14. The zero-order chi connectivity index (χ0) is 13.8. The summed E-state index contributed by atoms with van der Waals surface area (Å²) in [6.45, 7) is 0. The summed E-state index contributed by atoms with van der Waals surface area (Å²) in [6.07, 6.45) is 2.92. The molecule has 0 saturated heterocycles. The second kappa shape index (κ2) is 5.49. The van der Waals surface area contributed by atoms with Crippen molar-refractivity contribution in [2.24, 2.45) is 0 Å². The number of pyridine rings is 1. The van der Waals surface area contributed by atoms with E-state index in [1.165, 1.54) is 31.6 Å². The van der Waals surface area contributed by atoms with Crippen molar-refractivity contribution >= 4 is 28.2 Å². The minimum atomic E-state index is -1.02. The number of carboxylic acids is 1. The van der Waals surface area contributed by atoms with E-state index in [0.717, 1.165) is 11.3 Å². The maximum absolute atomic E-state index is 12.0. The number of hydrogen-bond acceptors (Lipinski definition) is 5. The molecular formula is C12H10N2O4S. The minimum Gasteiger partial charge on any atom is -0.494 e. The van der Waals surface area contributed by atoms with Gasteiger partial charge in [0.15, 0.2) is 0 Å². The largest absolute Gasteiger partial charge is 0.494 e. The Bertz CT molecular complexity index is 624. The molecule has 0 atom stereocenters. The normalized spacial score (nSPS) is 9.95. The Morgan fingerprint density at radius 3 is 2.79 bits per heavy atom. The van der Waals surface area contributed by atoms with Crippen LogP contribution < -0.4 is 10.1 Å². The molecule has 0 aliphatic rings. The Labute approximate surface area is 112 Å². The van der Waals surface area contributed by atoms with Crippen molar-refractivity contribution in [3.8, 4) is 5.75 Å². The number of methoxy groups -OCH3 is 1. The molecule has 0 unspecified atom stereocenters. The molecule has 2 heterocycles. The molecule has 6 nitrogen and oxygen atoms in total. The van der Waals surface area contributed by atoms with E-state index < -0.39 is 5.97 Å². The predicted molar refractivity (Wildman–Crippen MR) is 70.0 cm³/mol. The van der Waals surface area contributed by atoms with Gasteiger partial charge in [-0.2, -0.15) is 0 Å². The van der Waals surface area contributed by atoms with Gasteiger partial charge in [-0.1, -0.05) is 0 Å². The maximum Gasteiger partial charge on any atom is 0.345 e. The average Bonchev–Trinajstić information content (AvgIpc) is 2.87. The molecule has 0 bridgehead atoms. The third-order valence-electron chi connectivity index (χ3n) is 2.30. The fourth-order valence-electron chi connectivity index (χ4n) is 1.43. The number of hydrogen-bond donors (Lipinski definition) is 2. The molecule has 2 N–H and O–H groups in total. The van der Waals surface area contributed by atoms with Gasteiger partial charge >= 0.3 is 5.97 Å². The van der Waals surface area contributed by atoms with Gasteiger partial charge in [0.25, 0.3) is 5.91 Å². The first kappa shape index (κ1) is 13.0. The number of carboxylic acid groups (broad SMARTS) is 1. The number of aromatic carboxylic acids is 1. The number of anilines is 1. The van der Waals surface area contributed by atoms with Gasteiger partial charge in [0.2, 0.25) is 0 Å². The van der Waals surface area contributed by atoms with Crippen LogP contribution in [0, 0.1) is 0 Å². The fraction of sp³-hybridized carbons (Fsp3) is 0.0833. The second-order valence-electron chi connectivity index (χ2n) is 3.50. The third kappa shape index (κ3) is 2.89. The van der Waals surface area contributed by atoms with Gasteiger partial charge in [-0.05, 0) is 18.2 Å². The summed E-state index contributed by atoms with van der Waals surface area (Å²) >= 11 is 0.990. The van der Waals surface area contributed by atoms with Crippen LogP contribution in [0.1, 0.15) is 20.0 Å². The number of carbonyl (C=O) groups excluding carboxylic acids is 1. The first-order chi connectivity index (χ1) is 9.11. The molecule has 2 rings (SSSR count). The van der Waals surface area contributed by atoms with E-state index in [2.05, 4.69) is 10.3 Å². The molecule has 2 aromatic rings. The van der Waals surface area contributed by atoms with Gasteiger partial charge in [0.1, 0.15) is 10.6 Å². The summed E-state index contributed by atoms with van der Waals surface area (Å²) in [4.78, 5) is 26.8. The van der Waals surface area contributed by atoms with Crippen molar-refractivity contribution < 1.29 is 19.4 Å². The number of rotatable bonds is 4. The number of thiophene rings is 1. The molecule has 0 aliphatic heterocycles. The SMILES string of the molecule is COc1cnccc1C(=O)Nc1ccc(C(=O)O)s1. The van der Waals surface area contributed by atoms with E-state index in [4.69, 9.17) is 9.84 Å². The van der Waals surface area contributed by atoms with Crippen molar-refractivity contribution in [2.75, 3.05) is 12.4 Å². The highest BCUT2D eigenvalue weighted by Crippen LogP contribution is 2.24. The van der Waals surface area contributed by atoms with E-state index in [1.54, 1.807) is 6.07 Å². The highest BCUT2D eigenvalue weighted by atomic mass is 32.1. The number of nitrogens with zero attached hydrogens (tertiary/aromatic N) is 1. The molecule has 0 fully saturated rings. The standard InChI is InChI=1S/C12H10N2O4S/c1-18-8-6-13-5-4-7(8)11(15)14-10-3-2-9(19-10)12(16)17/h2-6H,1H3,(H,14,15)(H,16,17). The van der Waals surface area contributed by atoms with Crippen molar-refractivity contribution in [1.82, 2.24) is 4.98 Å². The second-order valence-corrected chi connectivity index (χ2v) is 4.58. The molecule has 0 spiro atoms. The van der Waals surface area contributed by atoms with E-state index in [-0.39, 0.29) is 10.8 Å². The van der Waals surface area contributed by atoms with Gasteiger partial charge in [0.05, 0.1) is 23.9 Å². The quantitative estimate of drug-likeness (QED) is 0.894. The van der Waals surface area contributed by atoms with Crippen LogP contribution in [0.2, 0.25) is 0 Å². The fourth-order valence-corrected chi connectivity index (χ4v) is 2.17. The monoisotopic (exact) mass is 278 g/mol. The van der Waals surface area contributed by atoms with Crippen molar-refractivity contribution in [2.45, 2.75) is 0 Å². The molecule has 1 amide bonds. The van der Waals surface area contributed by atoms with Crippen LogP contribution in [0.25, 0.3) is 0 Å². The molecule has 0 aliphatic carbocycles. The van der Waals surface area contributed by atoms with Crippen LogP contribution in [0.15, 0.2) is 30.6 Å². The predicted octanol–water partition coefficient (Wildman–Crippen LogP) is 2.10. The Morgan fingerprint density at radius 2 is 2.16 bits per heavy atom. The van der Waals surface area contributed by atoms with Crippen LogP contribution >= 0.6 is 11.3 Å². The van der Waals surface area contributed by atoms with Crippen molar-refractivity contribution in [1.29, 1.82) is 0 Å². The van der Waals surface area contributed by atoms with E-state index in [9.17, 15) is 9.59 Å². The molecule has 0 radical (unpaired) electrons. The summed E-state index contributed by atoms with van der Waals surface area (Å²) < 4.78 is 5.03. The summed E-state index contributed by atoms with van der Waals surface area (Å²) in [5.41, 5.74) is 0.336. The molecule has 98 valence electrons. The highest BCUT2D eigenvalue weighted by molar-refractivity contribution is 7.18. The van der Waals surface area contributed by atoms with Crippen molar-refractivity contribution in [3.05, 3.63) is 41.0 Å². The Hall–Kier alpha value is -2.41. The van der Waals surface area contributed by atoms with E-state index in [0.29, 0.717) is 16.3 Å². The first-order valence-corrected chi connectivity index (χ1v) is 6.06. The summed E-state index contributed by atoms with van der Waals surface area (Å²) in [5.74, 6) is -1.04. The summed E-state index contributed by atoms with van der Waals surface area (Å²) in [5, 5.41) is 11.9. The van der Waals surface area contributed by atoms with Gasteiger partial charge < -0.3 is 15.2 Å². The Balaban J connectivity index is 2.18. The molecule has 0 saturated carbocycles. The Kier molecular flexibility index (Phi) is 3.76. The van der Waals surface area contributed by atoms with Gasteiger partial charge in [-0.25, -0.2) is 4.79 Å². The number of carbonyl (C=O) groups is 2. The zero-order valence-corrected chi connectivity index (χ0v) is 10.7. The number of ether oxygens (including phenoxy) is 1. The number of aromatic nitrogens is 1. The van der Waals surface area contributed by atoms with E-state index >= 15 is 0 Å². The van der Waals surface area contributed by atoms with Gasteiger partial charge in [-0.3, -0.25) is 9.78 Å². The number of amides is 1. The topological polar surface area (TPSA) is 88.5 Å². The smallest absolute Gasteiger partial charge is 0.345 e. The van der Waals surface area contributed by atoms with Crippen LogP contribution in [0.5, 0.6) is 5.75 Å². The van der Waals surface area contributed by atoms with Crippen LogP contribution in [-0.4, -0.2) is 29.1 Å². The molecule has 2 aromatic heterocycles. The maximum atomic E-state index is 12.0. The molecule has 19 heavy (non-hydrogen) atoms. The lowest BCUT2D eigenvalue weighted by molar-refractivity contribution is 0.0702. The lowest BCUT2D eigenvalue weighted by Crippen LogP contribution is -2.12. The van der Waals surface area contributed by atoms with Crippen molar-refractivity contribution in [3.63, 3.8) is 0 Å². The zero-order valence-electron chi connectivity index (χ0n) is 9.91. The lowest BCUT2D eigenvalue weighted by Gasteiger charge is -2.06. The van der Waals surface area contributed by atoms with Gasteiger partial charge in [-0.15, -0.1) is 11.3 Å². The average molecular weight is 278 g/mol. The first-order valence-electron chi connectivity index (χ1n) is 5.24. The lowest BCUT2D eigenvalue weighted by atomic mass is 10.2. The minimum absolute atomic E-state index is 0.164. The van der Waals surface area contributed by atoms with Crippen LogP contribution in [0.4, 0.5) is 5.00 Å².